The Balaban J connectivity index is 2.30. The predicted octanol–water partition coefficient (Wildman–Crippen LogP) is 0.842. The molecule has 19 heavy (non-hydrogen) atoms. The van der Waals surface area contributed by atoms with Crippen molar-refractivity contribution < 1.29 is 19.6 Å². The number of benzene rings is 1. The Morgan fingerprint density at radius 3 is 2.00 bits per heavy atom. The van der Waals surface area contributed by atoms with Gasteiger partial charge in [0, 0.05) is 17.7 Å². The molecule has 1 aromatic carbocycles. The van der Waals surface area contributed by atoms with Gasteiger partial charge in [0.2, 0.25) is 23.7 Å². The van der Waals surface area contributed by atoms with Gasteiger partial charge in [0.1, 0.15) is 13.2 Å². The molecule has 2 aromatic rings. The number of aromatic nitrogens is 1. The number of nitrogens with zero attached hydrogens (tertiary/aromatic N) is 1. The Bertz CT molecular complexity index is 545. The number of pyridine rings is 1. The number of ketones is 1. The molecule has 4 heteroatoms. The van der Waals surface area contributed by atoms with Gasteiger partial charge in [-0.3, -0.25) is 4.79 Å². The molecule has 0 saturated heterocycles. The lowest BCUT2D eigenvalue weighted by atomic mass is 10.1. The van der Waals surface area contributed by atoms with Crippen LogP contribution in [-0.4, -0.2) is 16.0 Å². The maximum Gasteiger partial charge on any atom is 0.227 e. The summed E-state index contributed by atoms with van der Waals surface area (Å²) in [6.07, 6.45) is 0. The van der Waals surface area contributed by atoms with Crippen molar-refractivity contribution in [3.05, 3.63) is 65.5 Å². The van der Waals surface area contributed by atoms with Crippen molar-refractivity contribution >= 4 is 5.78 Å². The van der Waals surface area contributed by atoms with E-state index in [1.165, 1.54) is 0 Å². The minimum absolute atomic E-state index is 0.0544. The molecule has 2 N–H and O–H groups in total. The number of aliphatic hydroxyl groups is 2. The fourth-order valence-corrected chi connectivity index (χ4v) is 1.97. The third-order valence-corrected chi connectivity index (χ3v) is 2.99. The largest absolute Gasteiger partial charge is 0.385 e. The molecule has 0 saturated carbocycles. The van der Waals surface area contributed by atoms with Crippen molar-refractivity contribution in [2.45, 2.75) is 19.8 Å². The highest BCUT2D eigenvalue weighted by Crippen LogP contribution is 2.03. The molecule has 0 radical (unpaired) electrons. The highest BCUT2D eigenvalue weighted by atomic mass is 16.3. The molecule has 0 unspecified atom stereocenters. The molecule has 0 aliphatic heterocycles. The Kier molecular flexibility index (Phi) is 4.39. The van der Waals surface area contributed by atoms with Gasteiger partial charge < -0.3 is 10.2 Å². The van der Waals surface area contributed by atoms with Crippen LogP contribution in [0.5, 0.6) is 0 Å². The maximum absolute atomic E-state index is 12.2. The van der Waals surface area contributed by atoms with Crippen molar-refractivity contribution in [1.29, 1.82) is 0 Å². The van der Waals surface area contributed by atoms with E-state index in [0.29, 0.717) is 17.0 Å². The molecule has 1 heterocycles. The molecule has 0 aliphatic rings. The summed E-state index contributed by atoms with van der Waals surface area (Å²) in [7, 11) is 0. The summed E-state index contributed by atoms with van der Waals surface area (Å²) >= 11 is 0. The van der Waals surface area contributed by atoms with E-state index in [2.05, 4.69) is 0 Å². The third-order valence-electron chi connectivity index (χ3n) is 2.99. The first-order valence-electron chi connectivity index (χ1n) is 6.07. The number of aliphatic hydroxyl groups excluding tert-OH is 2. The average molecular weight is 258 g/mol. The first-order valence-corrected chi connectivity index (χ1v) is 6.07. The normalized spacial score (nSPS) is 10.4. The van der Waals surface area contributed by atoms with Crippen LogP contribution in [0.25, 0.3) is 0 Å². The monoisotopic (exact) mass is 258 g/mol. The standard InChI is InChI=1S/C15H16NO3/c17-10-13-7-4-8-14(11-18)16(13)9-15(19)12-5-2-1-3-6-12/h1-8,17-18H,9-11H2/q+1. The summed E-state index contributed by atoms with van der Waals surface area (Å²) in [5, 5.41) is 18.6. The zero-order chi connectivity index (χ0) is 13.7. The lowest BCUT2D eigenvalue weighted by molar-refractivity contribution is -0.701. The van der Waals surface area contributed by atoms with Crippen LogP contribution in [0.3, 0.4) is 0 Å². The maximum atomic E-state index is 12.2. The Hall–Kier alpha value is -2.04. The number of rotatable bonds is 5. The molecule has 0 fully saturated rings. The molecule has 98 valence electrons. The Labute approximate surface area is 111 Å². The molecular formula is C15H16NO3+. The zero-order valence-corrected chi connectivity index (χ0v) is 10.5. The van der Waals surface area contributed by atoms with Crippen molar-refractivity contribution in [2.24, 2.45) is 0 Å². The van der Waals surface area contributed by atoms with Crippen LogP contribution in [0.4, 0.5) is 0 Å². The predicted molar refractivity (Wildman–Crippen MR) is 69.3 cm³/mol. The second-order valence-electron chi connectivity index (χ2n) is 4.20. The van der Waals surface area contributed by atoms with E-state index in [4.69, 9.17) is 0 Å². The summed E-state index contributed by atoms with van der Waals surface area (Å²) in [6.45, 7) is -0.234. The summed E-state index contributed by atoms with van der Waals surface area (Å²) < 4.78 is 1.65. The van der Waals surface area contributed by atoms with Gasteiger partial charge in [0.25, 0.3) is 0 Å². The lowest BCUT2D eigenvalue weighted by Gasteiger charge is -2.05. The number of hydrogen-bond donors (Lipinski definition) is 2. The average Bonchev–Trinajstić information content (AvgIpc) is 2.48. The van der Waals surface area contributed by atoms with Crippen LogP contribution >= 0.6 is 0 Å². The van der Waals surface area contributed by atoms with Crippen molar-refractivity contribution in [3.8, 4) is 0 Å². The third kappa shape index (κ3) is 3.05. The summed E-state index contributed by atoms with van der Waals surface area (Å²) in [5.74, 6) is -0.0544. The zero-order valence-electron chi connectivity index (χ0n) is 10.5. The van der Waals surface area contributed by atoms with E-state index < -0.39 is 0 Å². The first kappa shape index (κ1) is 13.4. The molecule has 0 atom stereocenters. The fourth-order valence-electron chi connectivity index (χ4n) is 1.97. The van der Waals surface area contributed by atoms with E-state index in [0.717, 1.165) is 0 Å². The van der Waals surface area contributed by atoms with Gasteiger partial charge in [-0.1, -0.05) is 30.3 Å². The second-order valence-corrected chi connectivity index (χ2v) is 4.20. The molecule has 2 rings (SSSR count). The van der Waals surface area contributed by atoms with E-state index in [1.807, 2.05) is 18.2 Å². The van der Waals surface area contributed by atoms with E-state index in [9.17, 15) is 15.0 Å². The summed E-state index contributed by atoms with van der Waals surface area (Å²) in [5.41, 5.74) is 1.83. The van der Waals surface area contributed by atoms with Crippen LogP contribution in [0.1, 0.15) is 21.7 Å². The van der Waals surface area contributed by atoms with Gasteiger partial charge in [-0.2, -0.15) is 4.57 Å². The molecule has 1 aromatic heterocycles. The Morgan fingerprint density at radius 1 is 0.895 bits per heavy atom. The van der Waals surface area contributed by atoms with Crippen LogP contribution in [0.2, 0.25) is 0 Å². The van der Waals surface area contributed by atoms with Gasteiger partial charge in [-0.25, -0.2) is 0 Å². The van der Waals surface area contributed by atoms with Gasteiger partial charge in [-0.15, -0.1) is 0 Å². The SMILES string of the molecule is O=C(C[n+]1c(CO)cccc1CO)c1ccccc1. The van der Waals surface area contributed by atoms with Crippen molar-refractivity contribution in [3.63, 3.8) is 0 Å². The van der Waals surface area contributed by atoms with Crippen LogP contribution in [0.15, 0.2) is 48.5 Å². The highest BCUT2D eigenvalue weighted by Gasteiger charge is 2.19. The van der Waals surface area contributed by atoms with Crippen LogP contribution in [-0.2, 0) is 19.8 Å². The molecule has 0 aliphatic carbocycles. The van der Waals surface area contributed by atoms with Crippen molar-refractivity contribution in [2.75, 3.05) is 0 Å². The van der Waals surface area contributed by atoms with Crippen molar-refractivity contribution in [1.82, 2.24) is 0 Å². The number of carbonyl (C=O) groups excluding carboxylic acids is 1. The number of carbonyl (C=O) groups is 1. The molecule has 0 amide bonds. The van der Waals surface area contributed by atoms with E-state index in [-0.39, 0.29) is 25.5 Å². The lowest BCUT2D eigenvalue weighted by Crippen LogP contribution is -2.45. The minimum atomic E-state index is -0.171. The smallest absolute Gasteiger partial charge is 0.227 e. The number of hydrogen-bond acceptors (Lipinski definition) is 3. The second kappa shape index (κ2) is 6.22. The first-order chi connectivity index (χ1) is 9.26. The quantitative estimate of drug-likeness (QED) is 0.617. The van der Waals surface area contributed by atoms with Crippen LogP contribution in [0, 0.1) is 0 Å². The molecular weight excluding hydrogens is 242 g/mol. The van der Waals surface area contributed by atoms with Gasteiger partial charge in [0.15, 0.2) is 0 Å². The summed E-state index contributed by atoms with van der Waals surface area (Å²) in [4.78, 5) is 12.2. The topological polar surface area (TPSA) is 61.4 Å². The summed E-state index contributed by atoms with van der Waals surface area (Å²) in [6, 6.07) is 14.2. The van der Waals surface area contributed by atoms with Gasteiger partial charge in [0.05, 0.1) is 0 Å². The molecule has 0 spiro atoms. The fraction of sp³-hybridized carbons (Fsp3) is 0.200. The van der Waals surface area contributed by atoms with Gasteiger partial charge in [-0.05, 0) is 6.07 Å². The number of Topliss-reactive ketones (excluding diaryl/α,β-unsaturated/α-hetero) is 1. The van der Waals surface area contributed by atoms with E-state index >= 15 is 0 Å². The molecule has 4 nitrogen and oxygen atoms in total. The minimum Gasteiger partial charge on any atom is -0.385 e. The molecule has 0 bridgehead atoms. The van der Waals surface area contributed by atoms with Crippen LogP contribution < -0.4 is 4.57 Å². The van der Waals surface area contributed by atoms with Gasteiger partial charge >= 0.3 is 0 Å². The van der Waals surface area contributed by atoms with E-state index in [1.54, 1.807) is 34.9 Å². The Morgan fingerprint density at radius 2 is 1.47 bits per heavy atom. The highest BCUT2D eigenvalue weighted by molar-refractivity contribution is 5.94.